The zero-order chi connectivity index (χ0) is 15.7. The largest absolute Gasteiger partial charge is 0.493 e. The van der Waals surface area contributed by atoms with Crippen molar-refractivity contribution in [2.45, 2.75) is 33.1 Å². The van der Waals surface area contributed by atoms with Gasteiger partial charge in [0.25, 0.3) is 0 Å². The lowest BCUT2D eigenvalue weighted by Crippen LogP contribution is -2.19. The smallest absolute Gasteiger partial charge is 0.353 e. The number of aromatic carboxylic acids is 1. The third-order valence-electron chi connectivity index (χ3n) is 4.38. The SMILES string of the molecule is Cc1cc(OCC2CCC2)c(-c2cc(C(=O)O)[nH]n2)cc1C. The molecule has 0 spiro atoms. The number of rotatable bonds is 5. The fraction of sp³-hybridized carbons (Fsp3) is 0.412. The predicted octanol–water partition coefficient (Wildman–Crippen LogP) is 3.57. The maximum atomic E-state index is 11.0. The van der Waals surface area contributed by atoms with Gasteiger partial charge >= 0.3 is 5.97 Å². The van der Waals surface area contributed by atoms with Gasteiger partial charge in [0.2, 0.25) is 0 Å². The van der Waals surface area contributed by atoms with Crippen molar-refractivity contribution in [3.05, 3.63) is 35.0 Å². The van der Waals surface area contributed by atoms with E-state index in [4.69, 9.17) is 9.84 Å². The van der Waals surface area contributed by atoms with Crippen molar-refractivity contribution in [3.8, 4) is 17.0 Å². The summed E-state index contributed by atoms with van der Waals surface area (Å²) in [5, 5.41) is 15.7. The summed E-state index contributed by atoms with van der Waals surface area (Å²) in [5.74, 6) is 0.404. The topological polar surface area (TPSA) is 75.2 Å². The molecule has 1 aromatic carbocycles. The quantitative estimate of drug-likeness (QED) is 0.885. The number of benzene rings is 1. The van der Waals surface area contributed by atoms with Gasteiger partial charge in [-0.2, -0.15) is 5.10 Å². The van der Waals surface area contributed by atoms with Crippen LogP contribution in [-0.4, -0.2) is 27.9 Å². The zero-order valence-electron chi connectivity index (χ0n) is 12.8. The summed E-state index contributed by atoms with van der Waals surface area (Å²) in [4.78, 5) is 11.0. The number of carboxylic acid groups (broad SMARTS) is 1. The number of nitrogens with zero attached hydrogens (tertiary/aromatic N) is 1. The summed E-state index contributed by atoms with van der Waals surface area (Å²) in [7, 11) is 0. The zero-order valence-corrected chi connectivity index (χ0v) is 12.8. The Hall–Kier alpha value is -2.30. The van der Waals surface area contributed by atoms with Crippen molar-refractivity contribution in [2.24, 2.45) is 5.92 Å². The molecule has 0 radical (unpaired) electrons. The van der Waals surface area contributed by atoms with Crippen molar-refractivity contribution >= 4 is 5.97 Å². The van der Waals surface area contributed by atoms with Crippen LogP contribution in [0.1, 0.15) is 40.9 Å². The summed E-state index contributed by atoms with van der Waals surface area (Å²) >= 11 is 0. The van der Waals surface area contributed by atoms with Gasteiger partial charge < -0.3 is 9.84 Å². The molecule has 3 rings (SSSR count). The first-order valence-electron chi connectivity index (χ1n) is 7.57. The molecule has 1 heterocycles. The van der Waals surface area contributed by atoms with E-state index in [0.717, 1.165) is 22.4 Å². The van der Waals surface area contributed by atoms with Gasteiger partial charge in [0, 0.05) is 5.56 Å². The van der Waals surface area contributed by atoms with Crippen LogP contribution < -0.4 is 4.74 Å². The second-order valence-electron chi connectivity index (χ2n) is 6.01. The molecule has 1 aliphatic rings. The molecule has 1 aliphatic carbocycles. The number of nitrogens with one attached hydrogen (secondary N) is 1. The average molecular weight is 300 g/mol. The monoisotopic (exact) mass is 300 g/mol. The lowest BCUT2D eigenvalue weighted by atomic mass is 9.86. The van der Waals surface area contributed by atoms with E-state index in [-0.39, 0.29) is 5.69 Å². The minimum absolute atomic E-state index is 0.0816. The van der Waals surface area contributed by atoms with Gasteiger partial charge in [0.15, 0.2) is 0 Å². The number of carboxylic acids is 1. The normalized spacial score (nSPS) is 14.6. The van der Waals surface area contributed by atoms with E-state index in [9.17, 15) is 4.79 Å². The molecule has 5 nitrogen and oxygen atoms in total. The van der Waals surface area contributed by atoms with Crippen molar-refractivity contribution in [1.82, 2.24) is 10.2 Å². The van der Waals surface area contributed by atoms with Gasteiger partial charge in [-0.05, 0) is 61.9 Å². The lowest BCUT2D eigenvalue weighted by molar-refractivity contribution is 0.0690. The predicted molar refractivity (Wildman–Crippen MR) is 83.3 cm³/mol. The van der Waals surface area contributed by atoms with E-state index in [0.29, 0.717) is 18.2 Å². The number of ether oxygens (including phenoxy) is 1. The molecule has 1 aromatic heterocycles. The molecule has 0 amide bonds. The summed E-state index contributed by atoms with van der Waals surface area (Å²) < 4.78 is 6.00. The Morgan fingerprint density at radius 2 is 2.05 bits per heavy atom. The van der Waals surface area contributed by atoms with Crippen LogP contribution in [0.2, 0.25) is 0 Å². The second-order valence-corrected chi connectivity index (χ2v) is 6.01. The first-order chi connectivity index (χ1) is 10.5. The van der Waals surface area contributed by atoms with Gasteiger partial charge in [0.1, 0.15) is 11.4 Å². The Morgan fingerprint density at radius 1 is 1.32 bits per heavy atom. The number of carbonyl (C=O) groups is 1. The molecule has 0 unspecified atom stereocenters. The minimum atomic E-state index is -1.01. The highest BCUT2D eigenvalue weighted by Gasteiger charge is 2.20. The molecule has 116 valence electrons. The van der Waals surface area contributed by atoms with E-state index in [2.05, 4.69) is 10.2 Å². The molecule has 2 aromatic rings. The van der Waals surface area contributed by atoms with Crippen molar-refractivity contribution in [2.75, 3.05) is 6.61 Å². The van der Waals surface area contributed by atoms with Crippen molar-refractivity contribution in [3.63, 3.8) is 0 Å². The minimum Gasteiger partial charge on any atom is -0.493 e. The molecule has 2 N–H and O–H groups in total. The van der Waals surface area contributed by atoms with Gasteiger partial charge in [-0.1, -0.05) is 6.42 Å². The Morgan fingerprint density at radius 3 is 2.64 bits per heavy atom. The third kappa shape index (κ3) is 2.84. The number of hydrogen-bond acceptors (Lipinski definition) is 3. The van der Waals surface area contributed by atoms with Crippen LogP contribution in [0.3, 0.4) is 0 Å². The van der Waals surface area contributed by atoms with Crippen LogP contribution in [0.25, 0.3) is 11.3 Å². The second kappa shape index (κ2) is 5.83. The molecule has 1 fully saturated rings. The summed E-state index contributed by atoms with van der Waals surface area (Å²) in [6, 6.07) is 5.56. The van der Waals surface area contributed by atoms with Crippen molar-refractivity contribution in [1.29, 1.82) is 0 Å². The van der Waals surface area contributed by atoms with Crippen molar-refractivity contribution < 1.29 is 14.6 Å². The van der Waals surface area contributed by atoms with E-state index < -0.39 is 5.97 Å². The van der Waals surface area contributed by atoms with Crippen LogP contribution in [0.5, 0.6) is 5.75 Å². The molecular formula is C17H20N2O3. The van der Waals surface area contributed by atoms with Crippen LogP contribution in [0.4, 0.5) is 0 Å². The van der Waals surface area contributed by atoms with E-state index in [1.54, 1.807) is 6.07 Å². The van der Waals surface area contributed by atoms with E-state index >= 15 is 0 Å². The first-order valence-corrected chi connectivity index (χ1v) is 7.57. The molecule has 5 heteroatoms. The maximum Gasteiger partial charge on any atom is 0.353 e. The van der Waals surface area contributed by atoms with Gasteiger partial charge in [-0.3, -0.25) is 5.10 Å². The number of aromatic amines is 1. The average Bonchev–Trinajstić information content (AvgIpc) is 2.90. The number of aromatic nitrogens is 2. The molecular weight excluding hydrogens is 280 g/mol. The fourth-order valence-electron chi connectivity index (χ4n) is 2.55. The molecule has 0 atom stereocenters. The number of H-pyrrole nitrogens is 1. The molecule has 0 bridgehead atoms. The van der Waals surface area contributed by atoms with Crippen LogP contribution >= 0.6 is 0 Å². The Bertz CT molecular complexity index is 702. The highest BCUT2D eigenvalue weighted by atomic mass is 16.5. The molecule has 0 saturated heterocycles. The fourth-order valence-corrected chi connectivity index (χ4v) is 2.55. The third-order valence-corrected chi connectivity index (χ3v) is 4.38. The van der Waals surface area contributed by atoms with E-state index in [1.165, 1.54) is 19.3 Å². The summed E-state index contributed by atoms with van der Waals surface area (Å²) in [6.45, 7) is 4.79. The van der Waals surface area contributed by atoms with Gasteiger partial charge in [-0.15, -0.1) is 0 Å². The summed E-state index contributed by atoms with van der Waals surface area (Å²) in [6.07, 6.45) is 3.74. The maximum absolute atomic E-state index is 11.0. The molecule has 1 saturated carbocycles. The Balaban J connectivity index is 1.92. The Labute approximate surface area is 129 Å². The first kappa shape index (κ1) is 14.6. The van der Waals surface area contributed by atoms with Gasteiger partial charge in [0.05, 0.1) is 12.3 Å². The van der Waals surface area contributed by atoms with Crippen LogP contribution in [0, 0.1) is 19.8 Å². The highest BCUT2D eigenvalue weighted by molar-refractivity contribution is 5.87. The van der Waals surface area contributed by atoms with Crippen LogP contribution in [-0.2, 0) is 0 Å². The molecule has 0 aliphatic heterocycles. The molecule has 22 heavy (non-hydrogen) atoms. The lowest BCUT2D eigenvalue weighted by Gasteiger charge is -2.25. The number of aryl methyl sites for hydroxylation is 2. The van der Waals surface area contributed by atoms with Gasteiger partial charge in [-0.25, -0.2) is 4.79 Å². The number of hydrogen-bond donors (Lipinski definition) is 2. The standard InChI is InChI=1S/C17H20N2O3/c1-10-6-13(14-8-15(17(20)21)19-18-14)16(7-11(10)2)22-9-12-4-3-5-12/h6-8,12H,3-5,9H2,1-2H3,(H,18,19)(H,20,21). The van der Waals surface area contributed by atoms with Crippen LogP contribution in [0.15, 0.2) is 18.2 Å². The summed E-state index contributed by atoms with van der Waals surface area (Å²) in [5.41, 5.74) is 3.81. The highest BCUT2D eigenvalue weighted by Crippen LogP contribution is 2.34. The van der Waals surface area contributed by atoms with E-state index in [1.807, 2.05) is 26.0 Å². The Kier molecular flexibility index (Phi) is 3.88.